The standard InChI is InChI=1S/C24H27FN4O5S2/c1-4-33-23(30)20-9-8-19(27-28-20)13-34-22-11-18-7-5-6-17(18)10-21(22)29(12-15(2)25)36(31,32)24-26-16(3)14-35-24/h8-11,14-15H,4-7,12-13H2,1-3H3/t15-/m0/s1. The summed E-state index contributed by atoms with van der Waals surface area (Å²) in [4.78, 5) is 15.9. The molecule has 0 bridgehead atoms. The molecule has 0 N–H and O–H groups in total. The lowest BCUT2D eigenvalue weighted by atomic mass is 10.1. The number of hydrogen-bond donors (Lipinski definition) is 0. The molecule has 12 heteroatoms. The molecule has 3 aromatic rings. The van der Waals surface area contributed by atoms with Gasteiger partial charge >= 0.3 is 5.97 Å². The van der Waals surface area contributed by atoms with E-state index in [9.17, 15) is 17.6 Å². The third-order valence-electron chi connectivity index (χ3n) is 5.55. The van der Waals surface area contributed by atoms with E-state index in [1.165, 1.54) is 13.0 Å². The van der Waals surface area contributed by atoms with Crippen molar-refractivity contribution in [1.82, 2.24) is 15.2 Å². The number of nitrogens with zero attached hydrogens (tertiary/aromatic N) is 4. The fourth-order valence-corrected chi connectivity index (χ4v) is 6.57. The van der Waals surface area contributed by atoms with Gasteiger partial charge in [0, 0.05) is 11.1 Å². The van der Waals surface area contributed by atoms with Gasteiger partial charge in [0.15, 0.2) is 5.69 Å². The second kappa shape index (κ2) is 10.9. The summed E-state index contributed by atoms with van der Waals surface area (Å²) < 4.78 is 53.3. The zero-order valence-corrected chi connectivity index (χ0v) is 21.9. The molecule has 2 heterocycles. The highest BCUT2D eigenvalue weighted by Gasteiger charge is 2.32. The molecule has 0 radical (unpaired) electrons. The molecule has 2 aromatic heterocycles. The molecule has 0 spiro atoms. The van der Waals surface area contributed by atoms with Crippen LogP contribution in [0.2, 0.25) is 0 Å². The second-order valence-corrected chi connectivity index (χ2v) is 11.3. The average Bonchev–Trinajstić information content (AvgIpc) is 3.49. The number of aryl methyl sites for hydroxylation is 3. The molecule has 0 saturated heterocycles. The van der Waals surface area contributed by atoms with E-state index in [1.807, 2.05) is 6.07 Å². The van der Waals surface area contributed by atoms with Gasteiger partial charge in [-0.3, -0.25) is 4.31 Å². The van der Waals surface area contributed by atoms with Gasteiger partial charge in [0.05, 0.1) is 18.8 Å². The Morgan fingerprint density at radius 2 is 1.97 bits per heavy atom. The molecule has 1 aliphatic rings. The predicted octanol–water partition coefficient (Wildman–Crippen LogP) is 4.04. The molecule has 0 aliphatic heterocycles. The molecule has 4 rings (SSSR count). The number of thiazole rings is 1. The van der Waals surface area contributed by atoms with Crippen molar-refractivity contribution in [2.75, 3.05) is 17.5 Å². The highest BCUT2D eigenvalue weighted by molar-refractivity contribution is 7.94. The molecule has 0 saturated carbocycles. The Kier molecular flexibility index (Phi) is 7.84. The first-order valence-electron chi connectivity index (χ1n) is 11.6. The minimum Gasteiger partial charge on any atom is -0.485 e. The fraction of sp³-hybridized carbons (Fsp3) is 0.417. The third-order valence-corrected chi connectivity index (χ3v) is 8.68. The average molecular weight is 535 g/mol. The number of halogens is 1. The van der Waals surface area contributed by atoms with Crippen molar-refractivity contribution in [3.05, 3.63) is 57.9 Å². The number of aromatic nitrogens is 3. The normalized spacial score (nSPS) is 13.8. The van der Waals surface area contributed by atoms with E-state index in [1.54, 1.807) is 31.4 Å². The first-order chi connectivity index (χ1) is 17.2. The molecule has 36 heavy (non-hydrogen) atoms. The minimum atomic E-state index is -4.13. The van der Waals surface area contributed by atoms with Crippen LogP contribution in [-0.2, 0) is 34.2 Å². The Morgan fingerprint density at radius 1 is 1.22 bits per heavy atom. The molecule has 0 unspecified atom stereocenters. The second-order valence-electron chi connectivity index (χ2n) is 8.43. The Morgan fingerprint density at radius 3 is 2.58 bits per heavy atom. The van der Waals surface area contributed by atoms with Crippen molar-refractivity contribution >= 4 is 33.0 Å². The number of benzene rings is 1. The van der Waals surface area contributed by atoms with E-state index in [-0.39, 0.29) is 35.5 Å². The van der Waals surface area contributed by atoms with Gasteiger partial charge in [0.1, 0.15) is 24.2 Å². The van der Waals surface area contributed by atoms with Gasteiger partial charge in [-0.25, -0.2) is 14.2 Å². The molecule has 0 fully saturated rings. The number of esters is 1. The van der Waals surface area contributed by atoms with Crippen molar-refractivity contribution in [2.24, 2.45) is 0 Å². The van der Waals surface area contributed by atoms with Crippen LogP contribution in [0.15, 0.2) is 34.0 Å². The van der Waals surface area contributed by atoms with E-state index in [0.29, 0.717) is 17.1 Å². The van der Waals surface area contributed by atoms with Gasteiger partial charge in [0.25, 0.3) is 10.0 Å². The smallest absolute Gasteiger partial charge is 0.358 e. The van der Waals surface area contributed by atoms with Crippen LogP contribution in [-0.4, -0.2) is 48.9 Å². The summed E-state index contributed by atoms with van der Waals surface area (Å²) in [5.41, 5.74) is 3.41. The van der Waals surface area contributed by atoms with Crippen LogP contribution in [0.3, 0.4) is 0 Å². The summed E-state index contributed by atoms with van der Waals surface area (Å²) in [7, 11) is -4.13. The molecule has 1 atom stereocenters. The summed E-state index contributed by atoms with van der Waals surface area (Å²) >= 11 is 0.995. The van der Waals surface area contributed by atoms with E-state index in [4.69, 9.17) is 9.47 Å². The minimum absolute atomic E-state index is 0.0304. The highest BCUT2D eigenvalue weighted by atomic mass is 32.2. The summed E-state index contributed by atoms with van der Waals surface area (Å²) in [5.74, 6) is -0.276. The Hall–Kier alpha value is -3.12. The number of hydrogen-bond acceptors (Lipinski definition) is 9. The monoisotopic (exact) mass is 534 g/mol. The summed E-state index contributed by atoms with van der Waals surface area (Å²) in [5, 5.41) is 9.54. The molecule has 1 aromatic carbocycles. The number of rotatable bonds is 10. The first-order valence-corrected chi connectivity index (χ1v) is 13.9. The first kappa shape index (κ1) is 26.0. The van der Waals surface area contributed by atoms with Crippen molar-refractivity contribution < 1.29 is 27.1 Å². The lowest BCUT2D eigenvalue weighted by molar-refractivity contribution is 0.0518. The van der Waals surface area contributed by atoms with Gasteiger partial charge in [-0.15, -0.1) is 16.4 Å². The molecule has 0 amide bonds. The summed E-state index contributed by atoms with van der Waals surface area (Å²) in [6.07, 6.45) is 1.16. The number of alkyl halides is 1. The molecule has 192 valence electrons. The number of ether oxygens (including phenoxy) is 2. The fourth-order valence-electron chi connectivity index (χ4n) is 3.90. The van der Waals surface area contributed by atoms with E-state index < -0.39 is 22.2 Å². The Balaban J connectivity index is 1.68. The number of fused-ring (bicyclic) bond motifs is 1. The van der Waals surface area contributed by atoms with Crippen LogP contribution in [0, 0.1) is 6.92 Å². The maximum Gasteiger partial charge on any atom is 0.358 e. The third kappa shape index (κ3) is 5.65. The van der Waals surface area contributed by atoms with Gasteiger partial charge < -0.3 is 9.47 Å². The van der Waals surface area contributed by atoms with Crippen LogP contribution in [0.1, 0.15) is 53.3 Å². The van der Waals surface area contributed by atoms with Crippen molar-refractivity contribution in [3.8, 4) is 5.75 Å². The maximum atomic E-state index is 14.3. The summed E-state index contributed by atoms with van der Waals surface area (Å²) in [6, 6.07) is 6.66. The molecular formula is C24H27FN4O5S2. The quantitative estimate of drug-likeness (QED) is 0.358. The molecule has 1 aliphatic carbocycles. The Labute approximate surface area is 213 Å². The van der Waals surface area contributed by atoms with Gasteiger partial charge in [0.2, 0.25) is 4.34 Å². The number of carbonyl (C=O) groups is 1. The predicted molar refractivity (Wildman–Crippen MR) is 133 cm³/mol. The molecule has 9 nitrogen and oxygen atoms in total. The lowest BCUT2D eigenvalue weighted by Crippen LogP contribution is -2.36. The van der Waals surface area contributed by atoms with Gasteiger partial charge in [-0.2, -0.15) is 13.5 Å². The van der Waals surface area contributed by atoms with Crippen LogP contribution >= 0.6 is 11.3 Å². The van der Waals surface area contributed by atoms with E-state index in [2.05, 4.69) is 15.2 Å². The van der Waals surface area contributed by atoms with Gasteiger partial charge in [-0.05, 0) is 75.4 Å². The Bertz CT molecular complexity index is 1340. The van der Waals surface area contributed by atoms with Crippen molar-refractivity contribution in [1.29, 1.82) is 0 Å². The van der Waals surface area contributed by atoms with Crippen LogP contribution in [0.25, 0.3) is 0 Å². The van der Waals surface area contributed by atoms with Gasteiger partial charge in [-0.1, -0.05) is 0 Å². The van der Waals surface area contributed by atoms with Crippen LogP contribution in [0.4, 0.5) is 10.1 Å². The van der Waals surface area contributed by atoms with Crippen molar-refractivity contribution in [2.45, 2.75) is 57.2 Å². The zero-order chi connectivity index (χ0) is 25.9. The largest absolute Gasteiger partial charge is 0.485 e. The number of anilines is 1. The highest BCUT2D eigenvalue weighted by Crippen LogP contribution is 2.39. The number of sulfonamides is 1. The topological polar surface area (TPSA) is 112 Å². The van der Waals surface area contributed by atoms with Crippen LogP contribution < -0.4 is 9.04 Å². The van der Waals surface area contributed by atoms with Crippen LogP contribution in [0.5, 0.6) is 5.75 Å². The zero-order valence-electron chi connectivity index (χ0n) is 20.2. The SMILES string of the molecule is CCOC(=O)c1ccc(COc2cc3c(cc2N(C[C@H](C)F)S(=O)(=O)c2nc(C)cs2)CCC3)nn1. The molecular weight excluding hydrogens is 507 g/mol. The van der Waals surface area contributed by atoms with Crippen molar-refractivity contribution in [3.63, 3.8) is 0 Å². The maximum absolute atomic E-state index is 14.3. The van der Waals surface area contributed by atoms with E-state index >= 15 is 0 Å². The number of carbonyl (C=O) groups excluding carboxylic acids is 1. The lowest BCUT2D eigenvalue weighted by Gasteiger charge is -2.26. The van der Waals surface area contributed by atoms with E-state index in [0.717, 1.165) is 46.0 Å². The summed E-state index contributed by atoms with van der Waals surface area (Å²) in [6.45, 7) is 4.52.